The number of imidazole rings is 1. The van der Waals surface area contributed by atoms with Crippen LogP contribution in [0.3, 0.4) is 0 Å². The molecule has 10 heteroatoms. The number of carboxylic acids is 1. The lowest BCUT2D eigenvalue weighted by Crippen LogP contribution is -2.44. The van der Waals surface area contributed by atoms with Gasteiger partial charge in [0.05, 0.1) is 28.4 Å². The maximum atomic E-state index is 13.2. The minimum atomic E-state index is -1.05. The average Bonchev–Trinajstić information content (AvgIpc) is 3.67. The SMILES string of the molecule is O=C(Nc1cccc(C(=O)O)c1)NC1CCC(NC(=O)c2ccc3c(c2)nc(-c2ccoc2)n3C2CCCCC2)CC1. The fraction of sp³-hybridized carbons (Fsp3) is 0.375. The number of carboxylic acid groups (broad SMARTS) is 1. The van der Waals surface area contributed by atoms with E-state index in [0.717, 1.165) is 60.9 Å². The summed E-state index contributed by atoms with van der Waals surface area (Å²) in [5.74, 6) is -0.290. The molecule has 218 valence electrons. The van der Waals surface area contributed by atoms with E-state index in [-0.39, 0.29) is 29.6 Å². The third-order valence-electron chi connectivity index (χ3n) is 8.44. The van der Waals surface area contributed by atoms with Gasteiger partial charge in [-0.2, -0.15) is 0 Å². The summed E-state index contributed by atoms with van der Waals surface area (Å²) >= 11 is 0. The van der Waals surface area contributed by atoms with E-state index < -0.39 is 5.97 Å². The van der Waals surface area contributed by atoms with E-state index in [1.807, 2.05) is 24.3 Å². The minimum Gasteiger partial charge on any atom is -0.478 e. The Morgan fingerprint density at radius 3 is 2.33 bits per heavy atom. The molecular weight excluding hydrogens is 534 g/mol. The van der Waals surface area contributed by atoms with Crippen LogP contribution in [0.5, 0.6) is 0 Å². The molecule has 0 aliphatic heterocycles. The Morgan fingerprint density at radius 2 is 1.62 bits per heavy atom. The number of aromatic carboxylic acids is 1. The van der Waals surface area contributed by atoms with Crippen LogP contribution in [0.1, 0.15) is 84.5 Å². The third-order valence-corrected chi connectivity index (χ3v) is 8.44. The van der Waals surface area contributed by atoms with Gasteiger partial charge in [0.15, 0.2) is 0 Å². The predicted octanol–water partition coefficient (Wildman–Crippen LogP) is 6.36. The van der Waals surface area contributed by atoms with Crippen LogP contribution < -0.4 is 16.0 Å². The molecule has 0 spiro atoms. The second-order valence-electron chi connectivity index (χ2n) is 11.3. The molecule has 2 aliphatic rings. The molecule has 2 aliphatic carbocycles. The largest absolute Gasteiger partial charge is 0.478 e. The summed E-state index contributed by atoms with van der Waals surface area (Å²) in [6.07, 6.45) is 12.3. The highest BCUT2D eigenvalue weighted by Gasteiger charge is 2.26. The van der Waals surface area contributed by atoms with Gasteiger partial charge in [0, 0.05) is 29.4 Å². The van der Waals surface area contributed by atoms with Crippen LogP contribution in [0.4, 0.5) is 10.5 Å². The first-order valence-corrected chi connectivity index (χ1v) is 14.7. The van der Waals surface area contributed by atoms with Crippen molar-refractivity contribution >= 4 is 34.6 Å². The molecule has 2 heterocycles. The highest BCUT2D eigenvalue weighted by Crippen LogP contribution is 2.36. The molecule has 10 nitrogen and oxygen atoms in total. The number of carbonyl (C=O) groups excluding carboxylic acids is 2. The van der Waals surface area contributed by atoms with Gasteiger partial charge in [-0.05, 0) is 81.0 Å². The fourth-order valence-electron chi connectivity index (χ4n) is 6.28. The number of nitrogens with one attached hydrogen (secondary N) is 3. The van der Waals surface area contributed by atoms with E-state index in [2.05, 4.69) is 20.5 Å². The van der Waals surface area contributed by atoms with Gasteiger partial charge in [-0.25, -0.2) is 14.6 Å². The van der Waals surface area contributed by atoms with Crippen molar-refractivity contribution in [2.45, 2.75) is 75.9 Å². The zero-order valence-corrected chi connectivity index (χ0v) is 23.3. The van der Waals surface area contributed by atoms with E-state index in [0.29, 0.717) is 17.3 Å². The molecule has 4 aromatic rings. The molecule has 2 fully saturated rings. The number of benzene rings is 2. The first-order valence-electron chi connectivity index (χ1n) is 14.7. The summed E-state index contributed by atoms with van der Waals surface area (Å²) < 4.78 is 7.69. The molecule has 3 amide bonds. The maximum Gasteiger partial charge on any atom is 0.335 e. The van der Waals surface area contributed by atoms with Crippen molar-refractivity contribution in [1.82, 2.24) is 20.2 Å². The number of hydrogen-bond donors (Lipinski definition) is 4. The highest BCUT2D eigenvalue weighted by molar-refractivity contribution is 5.98. The van der Waals surface area contributed by atoms with Gasteiger partial charge in [0.25, 0.3) is 5.91 Å². The van der Waals surface area contributed by atoms with Crippen LogP contribution in [0.2, 0.25) is 0 Å². The topological polar surface area (TPSA) is 138 Å². The Hall–Kier alpha value is -4.60. The first kappa shape index (κ1) is 27.6. The molecule has 2 saturated carbocycles. The van der Waals surface area contributed by atoms with Gasteiger partial charge in [-0.15, -0.1) is 0 Å². The zero-order chi connectivity index (χ0) is 29.1. The minimum absolute atomic E-state index is 0.0165. The Labute approximate surface area is 243 Å². The standard InChI is InChI=1S/C32H35N5O5/c38-30(33-23-10-12-24(13-11-23)34-32(41)35-25-6-4-5-21(17-25)31(39)40)20-9-14-28-27(18-20)36-29(22-15-16-42-19-22)37(28)26-7-2-1-3-8-26/h4-6,9,14-19,23-24,26H,1-3,7-8,10-13H2,(H,33,38)(H,39,40)(H2,34,35,41). The number of furan rings is 1. The van der Waals surface area contributed by atoms with Crippen molar-refractivity contribution in [3.8, 4) is 11.4 Å². The predicted molar refractivity (Wildman–Crippen MR) is 159 cm³/mol. The molecule has 0 atom stereocenters. The molecule has 0 radical (unpaired) electrons. The number of anilines is 1. The lowest BCUT2D eigenvalue weighted by Gasteiger charge is -2.29. The van der Waals surface area contributed by atoms with E-state index >= 15 is 0 Å². The second kappa shape index (κ2) is 12.1. The van der Waals surface area contributed by atoms with Crippen LogP contribution in [-0.4, -0.2) is 44.6 Å². The maximum absolute atomic E-state index is 13.2. The van der Waals surface area contributed by atoms with E-state index in [1.165, 1.54) is 31.4 Å². The molecule has 6 rings (SSSR count). The van der Waals surface area contributed by atoms with Crippen molar-refractivity contribution in [1.29, 1.82) is 0 Å². The summed E-state index contributed by atoms with van der Waals surface area (Å²) in [6.45, 7) is 0. The Balaban J connectivity index is 1.07. The normalized spacial score (nSPS) is 19.3. The number of hydrogen-bond acceptors (Lipinski definition) is 5. The highest BCUT2D eigenvalue weighted by atomic mass is 16.4. The molecule has 42 heavy (non-hydrogen) atoms. The summed E-state index contributed by atoms with van der Waals surface area (Å²) in [5, 5.41) is 18.0. The lowest BCUT2D eigenvalue weighted by atomic mass is 9.91. The van der Waals surface area contributed by atoms with Gasteiger partial charge in [0.2, 0.25) is 0 Å². The molecule has 0 unspecified atom stereocenters. The lowest BCUT2D eigenvalue weighted by molar-refractivity contribution is 0.0696. The molecule has 4 N–H and O–H groups in total. The van der Waals surface area contributed by atoms with Crippen molar-refractivity contribution in [2.24, 2.45) is 0 Å². The van der Waals surface area contributed by atoms with Crippen molar-refractivity contribution < 1.29 is 23.9 Å². The molecule has 2 aromatic carbocycles. The molecule has 0 saturated heterocycles. The Bertz CT molecular complexity index is 1580. The quantitative estimate of drug-likeness (QED) is 0.204. The number of urea groups is 1. The van der Waals surface area contributed by atoms with Crippen LogP contribution in [-0.2, 0) is 0 Å². The first-order chi connectivity index (χ1) is 20.4. The van der Waals surface area contributed by atoms with Gasteiger partial charge < -0.3 is 30.0 Å². The van der Waals surface area contributed by atoms with Crippen LogP contribution in [0.15, 0.2) is 65.5 Å². The van der Waals surface area contributed by atoms with Crippen molar-refractivity contribution in [2.75, 3.05) is 5.32 Å². The monoisotopic (exact) mass is 569 g/mol. The van der Waals surface area contributed by atoms with Gasteiger partial charge >= 0.3 is 12.0 Å². The fourth-order valence-corrected chi connectivity index (χ4v) is 6.28. The Morgan fingerprint density at radius 1 is 0.857 bits per heavy atom. The third kappa shape index (κ3) is 6.02. The van der Waals surface area contributed by atoms with E-state index in [1.54, 1.807) is 24.7 Å². The molecule has 2 aromatic heterocycles. The Kier molecular flexibility index (Phi) is 7.94. The number of aromatic nitrogens is 2. The average molecular weight is 570 g/mol. The number of fused-ring (bicyclic) bond motifs is 1. The number of carbonyl (C=O) groups is 3. The van der Waals surface area contributed by atoms with Crippen molar-refractivity contribution in [3.63, 3.8) is 0 Å². The number of amides is 3. The van der Waals surface area contributed by atoms with E-state index in [9.17, 15) is 14.4 Å². The molecule has 0 bridgehead atoms. The number of nitrogens with zero attached hydrogens (tertiary/aromatic N) is 2. The van der Waals surface area contributed by atoms with E-state index in [4.69, 9.17) is 14.5 Å². The summed E-state index contributed by atoms with van der Waals surface area (Å²) in [6, 6.07) is 13.8. The van der Waals surface area contributed by atoms with Gasteiger partial charge in [-0.3, -0.25) is 4.79 Å². The summed E-state index contributed by atoms with van der Waals surface area (Å²) in [4.78, 5) is 41.8. The van der Waals surface area contributed by atoms with Gasteiger partial charge in [0.1, 0.15) is 12.1 Å². The number of rotatable bonds is 7. The van der Waals surface area contributed by atoms with Crippen LogP contribution >= 0.6 is 0 Å². The smallest absolute Gasteiger partial charge is 0.335 e. The summed E-state index contributed by atoms with van der Waals surface area (Å²) in [7, 11) is 0. The van der Waals surface area contributed by atoms with Gasteiger partial charge in [-0.1, -0.05) is 25.3 Å². The zero-order valence-electron chi connectivity index (χ0n) is 23.3. The van der Waals surface area contributed by atoms with Crippen LogP contribution in [0.25, 0.3) is 22.4 Å². The van der Waals surface area contributed by atoms with Crippen LogP contribution in [0, 0.1) is 0 Å². The molecular formula is C32H35N5O5. The summed E-state index contributed by atoms with van der Waals surface area (Å²) in [5.41, 5.74) is 3.89. The van der Waals surface area contributed by atoms with Crippen molar-refractivity contribution in [3.05, 3.63) is 72.2 Å². The second-order valence-corrected chi connectivity index (χ2v) is 11.3.